The molecule has 0 amide bonds. The van der Waals surface area contributed by atoms with Crippen LogP contribution in [0, 0.1) is 0 Å². The number of nitrogens with zero attached hydrogens (tertiary/aromatic N) is 4. The number of aromatic nitrogens is 4. The summed E-state index contributed by atoms with van der Waals surface area (Å²) in [6.45, 7) is 2.06. The van der Waals surface area contributed by atoms with Crippen molar-refractivity contribution in [2.75, 3.05) is 7.11 Å². The normalized spacial score (nSPS) is 12.4. The molecule has 2 aromatic heterocycles. The zero-order valence-corrected chi connectivity index (χ0v) is 10.8. The van der Waals surface area contributed by atoms with Crippen molar-refractivity contribution in [3.05, 3.63) is 35.5 Å². The highest BCUT2D eigenvalue weighted by Crippen LogP contribution is 2.24. The van der Waals surface area contributed by atoms with Gasteiger partial charge in [0.25, 0.3) is 0 Å². The number of rotatable bonds is 4. The van der Waals surface area contributed by atoms with Gasteiger partial charge in [-0.05, 0) is 12.5 Å². The summed E-state index contributed by atoms with van der Waals surface area (Å²) in [5.74, 6) is 0.448. The summed E-state index contributed by atoms with van der Waals surface area (Å²) in [7, 11) is 3.43. The Morgan fingerprint density at radius 2 is 2.11 bits per heavy atom. The van der Waals surface area contributed by atoms with Crippen LogP contribution in [0.5, 0.6) is 5.88 Å². The molecule has 2 aromatic rings. The molecule has 2 rings (SSSR count). The van der Waals surface area contributed by atoms with Gasteiger partial charge in [0, 0.05) is 19.4 Å². The monoisotopic (exact) mass is 247 g/mol. The minimum atomic E-state index is -0.397. The Hall–Kier alpha value is -1.95. The van der Waals surface area contributed by atoms with E-state index in [1.165, 1.54) is 0 Å². The maximum atomic E-state index is 6.22. The van der Waals surface area contributed by atoms with E-state index in [1.54, 1.807) is 24.2 Å². The molecular weight excluding hydrogens is 230 g/mol. The summed E-state index contributed by atoms with van der Waals surface area (Å²) in [6, 6.07) is 1.59. The average molecular weight is 247 g/mol. The fraction of sp³-hybridized carbons (Fsp3) is 0.417. The van der Waals surface area contributed by atoms with E-state index in [0.29, 0.717) is 11.6 Å². The Morgan fingerprint density at radius 3 is 2.72 bits per heavy atom. The summed E-state index contributed by atoms with van der Waals surface area (Å²) >= 11 is 0. The standard InChI is InChI=1S/C12H17N5O/c1-4-8-7-9(17(2)16-8)10(13)11-12(18-3)15-6-5-14-11/h5-7,10H,4,13H2,1-3H3. The fourth-order valence-electron chi connectivity index (χ4n) is 1.85. The second-order valence-electron chi connectivity index (χ2n) is 3.97. The van der Waals surface area contributed by atoms with E-state index >= 15 is 0 Å². The Bertz CT molecular complexity index is 537. The van der Waals surface area contributed by atoms with Gasteiger partial charge in [-0.2, -0.15) is 5.10 Å². The van der Waals surface area contributed by atoms with Crippen LogP contribution in [0.25, 0.3) is 0 Å². The molecule has 0 aliphatic heterocycles. The topological polar surface area (TPSA) is 78.9 Å². The summed E-state index contributed by atoms with van der Waals surface area (Å²) < 4.78 is 6.95. The lowest BCUT2D eigenvalue weighted by Gasteiger charge is -2.13. The maximum Gasteiger partial charge on any atom is 0.237 e. The smallest absolute Gasteiger partial charge is 0.237 e. The number of ether oxygens (including phenoxy) is 1. The quantitative estimate of drug-likeness (QED) is 0.865. The second kappa shape index (κ2) is 5.14. The molecule has 1 unspecified atom stereocenters. The van der Waals surface area contributed by atoms with Gasteiger partial charge in [-0.1, -0.05) is 6.92 Å². The molecule has 2 N–H and O–H groups in total. The van der Waals surface area contributed by atoms with Crippen LogP contribution in [-0.2, 0) is 13.5 Å². The third-order valence-corrected chi connectivity index (χ3v) is 2.83. The van der Waals surface area contributed by atoms with Crippen molar-refractivity contribution in [2.24, 2.45) is 12.8 Å². The molecule has 0 fully saturated rings. The molecule has 0 saturated carbocycles. The molecule has 0 saturated heterocycles. The fourth-order valence-corrected chi connectivity index (χ4v) is 1.85. The first-order valence-corrected chi connectivity index (χ1v) is 5.80. The van der Waals surface area contributed by atoms with E-state index in [1.807, 2.05) is 13.1 Å². The van der Waals surface area contributed by atoms with Crippen LogP contribution in [0.3, 0.4) is 0 Å². The summed E-state index contributed by atoms with van der Waals surface area (Å²) in [5.41, 5.74) is 8.73. The molecule has 18 heavy (non-hydrogen) atoms. The van der Waals surface area contributed by atoms with Crippen LogP contribution < -0.4 is 10.5 Å². The van der Waals surface area contributed by atoms with Crippen LogP contribution in [0.2, 0.25) is 0 Å². The molecule has 0 aliphatic rings. The van der Waals surface area contributed by atoms with Crippen molar-refractivity contribution in [3.63, 3.8) is 0 Å². The Kier molecular flexibility index (Phi) is 3.57. The van der Waals surface area contributed by atoms with E-state index in [2.05, 4.69) is 22.0 Å². The zero-order valence-electron chi connectivity index (χ0n) is 10.8. The van der Waals surface area contributed by atoms with Gasteiger partial charge in [0.1, 0.15) is 5.69 Å². The zero-order chi connectivity index (χ0) is 13.1. The number of hydrogen-bond donors (Lipinski definition) is 1. The SMILES string of the molecule is CCc1cc(C(N)c2nccnc2OC)n(C)n1. The highest BCUT2D eigenvalue weighted by molar-refractivity contribution is 5.29. The molecule has 96 valence electrons. The first kappa shape index (κ1) is 12.5. The van der Waals surface area contributed by atoms with Gasteiger partial charge in [0.2, 0.25) is 5.88 Å². The molecule has 0 aromatic carbocycles. The van der Waals surface area contributed by atoms with E-state index in [-0.39, 0.29) is 0 Å². The lowest BCUT2D eigenvalue weighted by molar-refractivity contribution is 0.386. The van der Waals surface area contributed by atoms with E-state index < -0.39 is 6.04 Å². The van der Waals surface area contributed by atoms with Gasteiger partial charge in [0.15, 0.2) is 0 Å². The van der Waals surface area contributed by atoms with Crippen LogP contribution in [-0.4, -0.2) is 26.9 Å². The molecule has 0 aliphatic carbocycles. The Labute approximate surface area is 106 Å². The molecule has 1 atom stereocenters. The molecule has 6 heteroatoms. The number of nitrogens with two attached hydrogens (primary N) is 1. The maximum absolute atomic E-state index is 6.22. The molecule has 0 bridgehead atoms. The van der Waals surface area contributed by atoms with Gasteiger partial charge < -0.3 is 10.5 Å². The van der Waals surface area contributed by atoms with Crippen LogP contribution >= 0.6 is 0 Å². The summed E-state index contributed by atoms with van der Waals surface area (Å²) in [6.07, 6.45) is 4.06. The Morgan fingerprint density at radius 1 is 1.39 bits per heavy atom. The van der Waals surface area contributed by atoms with Crippen molar-refractivity contribution < 1.29 is 4.74 Å². The van der Waals surface area contributed by atoms with Crippen LogP contribution in [0.15, 0.2) is 18.5 Å². The molecule has 0 radical (unpaired) electrons. The summed E-state index contributed by atoms with van der Waals surface area (Å²) in [5, 5.41) is 4.38. The van der Waals surface area contributed by atoms with Crippen molar-refractivity contribution in [1.82, 2.24) is 19.7 Å². The summed E-state index contributed by atoms with van der Waals surface area (Å²) in [4.78, 5) is 8.35. The van der Waals surface area contributed by atoms with Crippen LogP contribution in [0.1, 0.15) is 30.0 Å². The molecular formula is C12H17N5O. The van der Waals surface area contributed by atoms with E-state index in [9.17, 15) is 0 Å². The third kappa shape index (κ3) is 2.19. The van der Waals surface area contributed by atoms with Gasteiger partial charge in [-0.15, -0.1) is 0 Å². The van der Waals surface area contributed by atoms with Crippen molar-refractivity contribution >= 4 is 0 Å². The first-order valence-electron chi connectivity index (χ1n) is 5.80. The first-order chi connectivity index (χ1) is 8.67. The van der Waals surface area contributed by atoms with Gasteiger partial charge in [-0.3, -0.25) is 9.67 Å². The van der Waals surface area contributed by atoms with Gasteiger partial charge in [0.05, 0.1) is 24.5 Å². The van der Waals surface area contributed by atoms with Crippen molar-refractivity contribution in [1.29, 1.82) is 0 Å². The minimum absolute atomic E-state index is 0.397. The molecule has 6 nitrogen and oxygen atoms in total. The van der Waals surface area contributed by atoms with E-state index in [4.69, 9.17) is 10.5 Å². The lowest BCUT2D eigenvalue weighted by Crippen LogP contribution is -2.18. The molecule has 2 heterocycles. The lowest BCUT2D eigenvalue weighted by atomic mass is 10.1. The highest BCUT2D eigenvalue weighted by atomic mass is 16.5. The number of aryl methyl sites for hydroxylation is 2. The minimum Gasteiger partial charge on any atom is -0.480 e. The van der Waals surface area contributed by atoms with Crippen LogP contribution in [0.4, 0.5) is 0 Å². The third-order valence-electron chi connectivity index (χ3n) is 2.83. The highest BCUT2D eigenvalue weighted by Gasteiger charge is 2.20. The van der Waals surface area contributed by atoms with Crippen molar-refractivity contribution in [3.8, 4) is 5.88 Å². The molecule has 0 spiro atoms. The largest absolute Gasteiger partial charge is 0.480 e. The van der Waals surface area contributed by atoms with E-state index in [0.717, 1.165) is 17.8 Å². The van der Waals surface area contributed by atoms with Crippen molar-refractivity contribution in [2.45, 2.75) is 19.4 Å². The number of methoxy groups -OCH3 is 1. The average Bonchev–Trinajstić information content (AvgIpc) is 2.79. The van der Waals surface area contributed by atoms with Gasteiger partial charge >= 0.3 is 0 Å². The Balaban J connectivity index is 2.40. The predicted octanol–water partition coefficient (Wildman–Crippen LogP) is 0.829. The number of hydrogen-bond acceptors (Lipinski definition) is 5. The predicted molar refractivity (Wildman–Crippen MR) is 67.2 cm³/mol. The second-order valence-corrected chi connectivity index (χ2v) is 3.97. The van der Waals surface area contributed by atoms with Gasteiger partial charge in [-0.25, -0.2) is 4.98 Å².